The van der Waals surface area contributed by atoms with Gasteiger partial charge in [0.25, 0.3) is 0 Å². The van der Waals surface area contributed by atoms with Crippen LogP contribution in [-0.2, 0) is 14.8 Å². The highest BCUT2D eigenvalue weighted by Crippen LogP contribution is 2.24. The summed E-state index contributed by atoms with van der Waals surface area (Å²) in [7, 11) is -0.941. The Kier molecular flexibility index (Phi) is 5.38. The number of likely N-dealkylation sites (N-methyl/N-ethyl adjacent to an activating group) is 1. The topological polar surface area (TPSA) is 88.6 Å². The summed E-state index contributed by atoms with van der Waals surface area (Å²) in [6.07, 6.45) is 3.14. The summed E-state index contributed by atoms with van der Waals surface area (Å²) in [6, 6.07) is 13.5. The van der Waals surface area contributed by atoms with E-state index in [0.717, 1.165) is 4.31 Å². The molecule has 0 aliphatic rings. The van der Waals surface area contributed by atoms with Crippen molar-refractivity contribution >= 4 is 32.4 Å². The summed E-state index contributed by atoms with van der Waals surface area (Å²) in [5, 5.41) is 3.95. The minimum atomic E-state index is -3.85. The van der Waals surface area contributed by atoms with Crippen molar-refractivity contribution in [1.82, 2.24) is 9.29 Å². The lowest BCUT2D eigenvalue weighted by Gasteiger charge is -2.18. The van der Waals surface area contributed by atoms with Crippen molar-refractivity contribution in [2.24, 2.45) is 0 Å². The van der Waals surface area contributed by atoms with Gasteiger partial charge < -0.3 is 10.1 Å². The van der Waals surface area contributed by atoms with Crippen molar-refractivity contribution < 1.29 is 17.9 Å². The molecule has 2 aromatic carbocycles. The first kappa shape index (κ1) is 18.8. The van der Waals surface area contributed by atoms with Gasteiger partial charge in [0.15, 0.2) is 0 Å². The quantitative estimate of drug-likeness (QED) is 0.704. The summed E-state index contributed by atoms with van der Waals surface area (Å²) in [5.41, 5.74) is 0.529. The van der Waals surface area contributed by atoms with Crippen LogP contribution in [0, 0.1) is 0 Å². The van der Waals surface area contributed by atoms with Crippen LogP contribution in [0.3, 0.4) is 0 Å². The van der Waals surface area contributed by atoms with Gasteiger partial charge in [0.2, 0.25) is 15.9 Å². The average Bonchev–Trinajstić information content (AvgIpc) is 2.67. The van der Waals surface area contributed by atoms with E-state index in [9.17, 15) is 13.2 Å². The zero-order valence-corrected chi connectivity index (χ0v) is 15.7. The van der Waals surface area contributed by atoms with Crippen LogP contribution in [-0.4, -0.2) is 44.3 Å². The maximum Gasteiger partial charge on any atom is 0.243 e. The number of ether oxygens (including phenoxy) is 1. The van der Waals surface area contributed by atoms with E-state index in [1.54, 1.807) is 48.7 Å². The lowest BCUT2D eigenvalue weighted by Crippen LogP contribution is -2.35. The Balaban J connectivity index is 1.79. The molecule has 1 N–H and O–H groups in total. The van der Waals surface area contributed by atoms with E-state index in [4.69, 9.17) is 4.74 Å². The minimum absolute atomic E-state index is 0.138. The number of hydrogen-bond acceptors (Lipinski definition) is 5. The molecule has 0 saturated carbocycles. The standard InChI is InChI=1S/C19H19N3O4S/c1-22(13-19(23)21-15-6-4-7-16(11-15)26-2)27(24,25)18-8-3-5-14-12-20-10-9-17(14)18/h3-12H,13H2,1-2H3,(H,21,23). The van der Waals surface area contributed by atoms with Crippen LogP contribution in [0.15, 0.2) is 65.8 Å². The van der Waals surface area contributed by atoms with Crippen molar-refractivity contribution in [2.75, 3.05) is 26.0 Å². The van der Waals surface area contributed by atoms with Crippen LogP contribution in [0.5, 0.6) is 5.75 Å². The number of nitrogens with one attached hydrogen (secondary N) is 1. The molecule has 1 amide bonds. The maximum absolute atomic E-state index is 12.9. The second kappa shape index (κ2) is 7.73. The fourth-order valence-corrected chi connectivity index (χ4v) is 4.01. The first-order valence-electron chi connectivity index (χ1n) is 8.15. The molecule has 0 bridgehead atoms. The van der Waals surface area contributed by atoms with E-state index in [0.29, 0.717) is 22.2 Å². The van der Waals surface area contributed by atoms with Gasteiger partial charge >= 0.3 is 0 Å². The van der Waals surface area contributed by atoms with Gasteiger partial charge in [-0.3, -0.25) is 9.78 Å². The number of amides is 1. The number of hydrogen-bond donors (Lipinski definition) is 1. The van der Waals surface area contributed by atoms with Gasteiger partial charge in [0.1, 0.15) is 5.75 Å². The van der Waals surface area contributed by atoms with E-state index in [-0.39, 0.29) is 11.4 Å². The molecule has 0 fully saturated rings. The molecular weight excluding hydrogens is 366 g/mol. The molecule has 0 aliphatic heterocycles. The monoisotopic (exact) mass is 385 g/mol. The number of aromatic nitrogens is 1. The number of pyridine rings is 1. The highest BCUT2D eigenvalue weighted by molar-refractivity contribution is 7.89. The smallest absolute Gasteiger partial charge is 0.243 e. The number of benzene rings is 2. The number of nitrogens with zero attached hydrogens (tertiary/aromatic N) is 2. The third-order valence-electron chi connectivity index (χ3n) is 4.05. The van der Waals surface area contributed by atoms with E-state index < -0.39 is 15.9 Å². The van der Waals surface area contributed by atoms with Crippen molar-refractivity contribution in [3.63, 3.8) is 0 Å². The summed E-state index contributed by atoms with van der Waals surface area (Å²) in [4.78, 5) is 16.4. The summed E-state index contributed by atoms with van der Waals surface area (Å²) < 4.78 is 32.0. The molecule has 1 heterocycles. The molecule has 8 heteroatoms. The lowest BCUT2D eigenvalue weighted by molar-refractivity contribution is -0.116. The first-order valence-corrected chi connectivity index (χ1v) is 9.59. The van der Waals surface area contributed by atoms with Gasteiger partial charge in [0.05, 0.1) is 18.6 Å². The molecule has 0 saturated heterocycles. The van der Waals surface area contributed by atoms with Gasteiger partial charge in [-0.25, -0.2) is 8.42 Å². The predicted molar refractivity (Wildman–Crippen MR) is 103 cm³/mol. The zero-order valence-electron chi connectivity index (χ0n) is 14.9. The predicted octanol–water partition coefficient (Wildman–Crippen LogP) is 2.50. The van der Waals surface area contributed by atoms with Crippen LogP contribution in [0.2, 0.25) is 0 Å². The fraction of sp³-hybridized carbons (Fsp3) is 0.158. The largest absolute Gasteiger partial charge is 0.497 e. The number of fused-ring (bicyclic) bond motifs is 1. The van der Waals surface area contributed by atoms with Crippen molar-refractivity contribution in [3.8, 4) is 5.75 Å². The Morgan fingerprint density at radius 2 is 1.96 bits per heavy atom. The maximum atomic E-state index is 12.9. The molecule has 0 unspecified atom stereocenters. The Morgan fingerprint density at radius 3 is 2.74 bits per heavy atom. The molecule has 3 aromatic rings. The molecule has 140 valence electrons. The molecule has 0 aliphatic carbocycles. The van der Waals surface area contributed by atoms with Crippen LogP contribution in [0.25, 0.3) is 10.8 Å². The normalized spacial score (nSPS) is 11.5. The minimum Gasteiger partial charge on any atom is -0.497 e. The van der Waals surface area contributed by atoms with Crippen LogP contribution < -0.4 is 10.1 Å². The fourth-order valence-electron chi connectivity index (χ4n) is 2.67. The summed E-state index contributed by atoms with van der Waals surface area (Å²) in [5.74, 6) is 0.148. The molecule has 0 radical (unpaired) electrons. The molecule has 0 spiro atoms. The van der Waals surface area contributed by atoms with E-state index in [2.05, 4.69) is 10.3 Å². The molecule has 1 aromatic heterocycles. The number of methoxy groups -OCH3 is 1. The summed E-state index contributed by atoms with van der Waals surface area (Å²) >= 11 is 0. The highest BCUT2D eigenvalue weighted by atomic mass is 32.2. The number of sulfonamides is 1. The first-order chi connectivity index (χ1) is 12.9. The zero-order chi connectivity index (χ0) is 19.4. The van der Waals surface area contributed by atoms with Gasteiger partial charge in [0, 0.05) is 42.0 Å². The number of anilines is 1. The molecular formula is C19H19N3O4S. The van der Waals surface area contributed by atoms with Gasteiger partial charge in [-0.1, -0.05) is 18.2 Å². The molecule has 27 heavy (non-hydrogen) atoms. The highest BCUT2D eigenvalue weighted by Gasteiger charge is 2.25. The summed E-state index contributed by atoms with van der Waals surface area (Å²) in [6.45, 7) is -0.318. The average molecular weight is 385 g/mol. The van der Waals surface area contributed by atoms with Crippen LogP contribution in [0.1, 0.15) is 0 Å². The van der Waals surface area contributed by atoms with Crippen LogP contribution in [0.4, 0.5) is 5.69 Å². The van der Waals surface area contributed by atoms with Gasteiger partial charge in [-0.15, -0.1) is 0 Å². The molecule has 0 atom stereocenters. The Hall–Kier alpha value is -2.97. The van der Waals surface area contributed by atoms with Gasteiger partial charge in [-0.2, -0.15) is 4.31 Å². The van der Waals surface area contributed by atoms with Crippen LogP contribution >= 0.6 is 0 Å². The van der Waals surface area contributed by atoms with Crippen molar-refractivity contribution in [1.29, 1.82) is 0 Å². The van der Waals surface area contributed by atoms with Crippen molar-refractivity contribution in [2.45, 2.75) is 4.90 Å². The van der Waals surface area contributed by atoms with Gasteiger partial charge in [-0.05, 0) is 24.3 Å². The van der Waals surface area contributed by atoms with E-state index in [1.807, 2.05) is 0 Å². The SMILES string of the molecule is COc1cccc(NC(=O)CN(C)S(=O)(=O)c2cccc3cnccc23)c1. The Labute approximate surface area is 157 Å². The second-order valence-corrected chi connectivity index (χ2v) is 7.91. The number of rotatable bonds is 6. The third kappa shape index (κ3) is 4.07. The lowest BCUT2D eigenvalue weighted by atomic mass is 10.2. The number of carbonyl (C=O) groups is 1. The molecule has 3 rings (SSSR count). The second-order valence-electron chi connectivity index (χ2n) is 5.89. The number of carbonyl (C=O) groups excluding carboxylic acids is 1. The molecule has 7 nitrogen and oxygen atoms in total. The Bertz CT molecular complexity index is 1080. The van der Waals surface area contributed by atoms with E-state index >= 15 is 0 Å². The third-order valence-corrected chi connectivity index (χ3v) is 5.91. The van der Waals surface area contributed by atoms with E-state index in [1.165, 1.54) is 26.4 Å². The Morgan fingerprint density at radius 1 is 1.19 bits per heavy atom. The van der Waals surface area contributed by atoms with Crippen molar-refractivity contribution in [3.05, 3.63) is 60.9 Å².